The van der Waals surface area contributed by atoms with Gasteiger partial charge in [0.25, 0.3) is 5.95 Å². The summed E-state index contributed by atoms with van der Waals surface area (Å²) in [5.74, 6) is 0.348. The summed E-state index contributed by atoms with van der Waals surface area (Å²) in [4.78, 5) is 12.4. The van der Waals surface area contributed by atoms with Crippen molar-refractivity contribution < 1.29 is 28.8 Å². The molecule has 0 bridgehead atoms. The molecule has 0 radical (unpaired) electrons. The van der Waals surface area contributed by atoms with E-state index in [0.717, 1.165) is 6.07 Å². The smallest absolute Gasteiger partial charge is 0.294 e. The quantitative estimate of drug-likeness (QED) is 0.626. The predicted octanol–water partition coefficient (Wildman–Crippen LogP) is 3.06. The van der Waals surface area contributed by atoms with Crippen molar-refractivity contribution in [2.75, 3.05) is 20.3 Å². The first-order valence-electron chi connectivity index (χ1n) is 7.98. The molecule has 7 nitrogen and oxygen atoms in total. The maximum Gasteiger partial charge on any atom is 0.294 e. The van der Waals surface area contributed by atoms with Gasteiger partial charge in [-0.3, -0.25) is 4.79 Å². The molecule has 0 amide bonds. The first-order chi connectivity index (χ1) is 12.6. The lowest BCUT2D eigenvalue weighted by Crippen LogP contribution is -2.05. The van der Waals surface area contributed by atoms with Crippen LogP contribution >= 0.6 is 0 Å². The molecule has 0 aliphatic rings. The van der Waals surface area contributed by atoms with E-state index in [2.05, 4.69) is 0 Å². The number of phenols is 1. The minimum Gasteiger partial charge on any atom is -0.504 e. The lowest BCUT2D eigenvalue weighted by atomic mass is 10.2. The minimum atomic E-state index is -0.477. The van der Waals surface area contributed by atoms with E-state index in [1.807, 2.05) is 6.07 Å². The van der Waals surface area contributed by atoms with Crippen LogP contribution in [0.25, 0.3) is 11.0 Å². The van der Waals surface area contributed by atoms with Gasteiger partial charge in [-0.15, -0.1) is 0 Å². The Morgan fingerprint density at radius 3 is 2.62 bits per heavy atom. The zero-order valence-corrected chi connectivity index (χ0v) is 14.1. The Morgan fingerprint density at radius 2 is 1.92 bits per heavy atom. The Balaban J connectivity index is 2.06. The molecule has 2 N–H and O–H groups in total. The van der Waals surface area contributed by atoms with Gasteiger partial charge in [0.1, 0.15) is 16.7 Å². The number of aliphatic hydroxyl groups excluding tert-OH is 1. The Labute approximate surface area is 149 Å². The number of phenolic OH excluding ortho intramolecular Hbond substituents is 1. The topological polar surface area (TPSA) is 98.4 Å². The van der Waals surface area contributed by atoms with Gasteiger partial charge in [-0.25, -0.2) is 0 Å². The molecule has 0 aliphatic carbocycles. The van der Waals surface area contributed by atoms with Crippen LogP contribution in [-0.2, 0) is 0 Å². The van der Waals surface area contributed by atoms with E-state index < -0.39 is 5.43 Å². The van der Waals surface area contributed by atoms with Crippen LogP contribution in [0.5, 0.6) is 28.9 Å². The zero-order valence-electron chi connectivity index (χ0n) is 14.1. The fourth-order valence-corrected chi connectivity index (χ4v) is 2.45. The summed E-state index contributed by atoms with van der Waals surface area (Å²) in [6, 6.07) is 11.5. The normalized spacial score (nSPS) is 10.7. The molecule has 26 heavy (non-hydrogen) atoms. The first kappa shape index (κ1) is 17.6. The van der Waals surface area contributed by atoms with Crippen LogP contribution in [0.3, 0.4) is 0 Å². The summed E-state index contributed by atoms with van der Waals surface area (Å²) in [5, 5.41) is 19.2. The molecule has 1 aromatic heterocycles. The Kier molecular flexibility index (Phi) is 5.28. The van der Waals surface area contributed by atoms with Crippen LogP contribution in [0.2, 0.25) is 0 Å². The van der Waals surface area contributed by atoms with Gasteiger partial charge in [0.2, 0.25) is 11.2 Å². The molecule has 3 aromatic rings. The summed E-state index contributed by atoms with van der Waals surface area (Å²) in [6.45, 7) is 0.175. The average Bonchev–Trinajstić information content (AvgIpc) is 2.62. The molecular weight excluding hydrogens is 340 g/mol. The number of ether oxygens (including phenoxy) is 3. The largest absolute Gasteiger partial charge is 0.504 e. The van der Waals surface area contributed by atoms with Gasteiger partial charge in [-0.05, 0) is 12.1 Å². The van der Waals surface area contributed by atoms with E-state index in [-0.39, 0.29) is 47.4 Å². The van der Waals surface area contributed by atoms with Crippen molar-refractivity contribution in [1.82, 2.24) is 0 Å². The molecule has 1 heterocycles. The number of aliphatic hydroxyl groups is 1. The number of benzene rings is 2. The minimum absolute atomic E-state index is 0.0143. The highest BCUT2D eigenvalue weighted by Crippen LogP contribution is 2.42. The van der Waals surface area contributed by atoms with Gasteiger partial charge in [-0.2, -0.15) is 0 Å². The number of methoxy groups -OCH3 is 1. The van der Waals surface area contributed by atoms with Crippen LogP contribution in [0.15, 0.2) is 51.7 Å². The lowest BCUT2D eigenvalue weighted by Gasteiger charge is -2.13. The van der Waals surface area contributed by atoms with E-state index in [1.54, 1.807) is 24.3 Å². The molecule has 3 rings (SSSR count). The summed E-state index contributed by atoms with van der Waals surface area (Å²) < 4.78 is 21.8. The second kappa shape index (κ2) is 7.79. The van der Waals surface area contributed by atoms with E-state index in [4.69, 9.17) is 23.7 Å². The molecule has 0 unspecified atom stereocenters. The van der Waals surface area contributed by atoms with Gasteiger partial charge in [-0.1, -0.05) is 18.2 Å². The molecule has 0 fully saturated rings. The van der Waals surface area contributed by atoms with Crippen LogP contribution in [0.4, 0.5) is 0 Å². The standard InChI is InChI=1S/C19H18O7/c1-23-19-15(24-9-5-8-20)11-14-17(18(19)22)13(21)10-16(26-14)25-12-6-3-2-4-7-12/h2-4,6-7,10-11,20,22H,5,8-9H2,1H3. The maximum atomic E-state index is 12.4. The van der Waals surface area contributed by atoms with Gasteiger partial charge >= 0.3 is 0 Å². The van der Waals surface area contributed by atoms with Crippen LogP contribution in [0.1, 0.15) is 6.42 Å². The highest BCUT2D eigenvalue weighted by molar-refractivity contribution is 5.88. The number of hydrogen-bond donors (Lipinski definition) is 2. The molecule has 0 saturated heterocycles. The van der Waals surface area contributed by atoms with Gasteiger partial charge in [0.05, 0.1) is 19.8 Å². The highest BCUT2D eigenvalue weighted by Gasteiger charge is 2.20. The molecule has 0 atom stereocenters. The lowest BCUT2D eigenvalue weighted by molar-refractivity contribution is 0.226. The average molecular weight is 358 g/mol. The second-order valence-electron chi connectivity index (χ2n) is 5.40. The summed E-state index contributed by atoms with van der Waals surface area (Å²) in [7, 11) is 1.36. The molecule has 136 valence electrons. The Morgan fingerprint density at radius 1 is 1.15 bits per heavy atom. The summed E-state index contributed by atoms with van der Waals surface area (Å²) >= 11 is 0. The van der Waals surface area contributed by atoms with Gasteiger partial charge in [0, 0.05) is 19.1 Å². The number of hydrogen-bond acceptors (Lipinski definition) is 7. The van der Waals surface area contributed by atoms with Crippen molar-refractivity contribution in [2.45, 2.75) is 6.42 Å². The maximum absolute atomic E-state index is 12.4. The van der Waals surface area contributed by atoms with Crippen molar-refractivity contribution in [3.05, 3.63) is 52.7 Å². The van der Waals surface area contributed by atoms with Gasteiger partial charge in [0.15, 0.2) is 11.5 Å². The third-order valence-electron chi connectivity index (χ3n) is 3.62. The fraction of sp³-hybridized carbons (Fsp3) is 0.211. The number of rotatable bonds is 7. The summed E-state index contributed by atoms with van der Waals surface area (Å²) in [6.07, 6.45) is 0.406. The number of fused-ring (bicyclic) bond motifs is 1. The van der Waals surface area contributed by atoms with E-state index in [9.17, 15) is 9.90 Å². The molecule has 0 spiro atoms. The number of para-hydroxylation sites is 1. The Hall–Kier alpha value is -3.19. The van der Waals surface area contributed by atoms with Crippen LogP contribution in [-0.4, -0.2) is 30.5 Å². The highest BCUT2D eigenvalue weighted by atomic mass is 16.6. The SMILES string of the molecule is COc1c(OCCCO)cc2oc(Oc3ccccc3)cc(=O)c2c1O. The van der Waals surface area contributed by atoms with E-state index >= 15 is 0 Å². The van der Waals surface area contributed by atoms with Crippen LogP contribution < -0.4 is 19.6 Å². The Bertz CT molecular complexity index is 947. The predicted molar refractivity (Wildman–Crippen MR) is 94.4 cm³/mol. The molecule has 2 aromatic carbocycles. The summed E-state index contributed by atoms with van der Waals surface area (Å²) in [5.41, 5.74) is -0.379. The fourth-order valence-electron chi connectivity index (χ4n) is 2.45. The van der Waals surface area contributed by atoms with Crippen molar-refractivity contribution in [1.29, 1.82) is 0 Å². The third-order valence-corrected chi connectivity index (χ3v) is 3.62. The van der Waals surface area contributed by atoms with Gasteiger partial charge < -0.3 is 28.8 Å². The number of aromatic hydroxyl groups is 1. The van der Waals surface area contributed by atoms with Crippen LogP contribution in [0, 0.1) is 0 Å². The molecular formula is C19H18O7. The molecule has 0 aliphatic heterocycles. The van der Waals surface area contributed by atoms with E-state index in [1.165, 1.54) is 13.2 Å². The first-order valence-corrected chi connectivity index (χ1v) is 7.98. The van der Waals surface area contributed by atoms with E-state index in [0.29, 0.717) is 12.2 Å². The monoisotopic (exact) mass is 358 g/mol. The molecule has 0 saturated carbocycles. The zero-order chi connectivity index (χ0) is 18.5. The van der Waals surface area contributed by atoms with Crippen molar-refractivity contribution in [3.63, 3.8) is 0 Å². The molecule has 7 heteroatoms. The van der Waals surface area contributed by atoms with Crippen molar-refractivity contribution in [2.24, 2.45) is 0 Å². The third kappa shape index (κ3) is 3.57. The van der Waals surface area contributed by atoms with Crippen molar-refractivity contribution in [3.8, 4) is 28.9 Å². The van der Waals surface area contributed by atoms with Crippen molar-refractivity contribution >= 4 is 11.0 Å². The second-order valence-corrected chi connectivity index (χ2v) is 5.40.